The van der Waals surface area contributed by atoms with Crippen LogP contribution in [-0.2, 0) is 4.79 Å². The number of nitrogens with zero attached hydrogens (tertiary/aromatic N) is 4. The van der Waals surface area contributed by atoms with Crippen molar-refractivity contribution < 1.29 is 4.79 Å². The lowest BCUT2D eigenvalue weighted by atomic mass is 10.2. The zero-order valence-corrected chi connectivity index (χ0v) is 17.7. The Bertz CT molecular complexity index is 1080. The van der Waals surface area contributed by atoms with E-state index >= 15 is 0 Å². The molecule has 29 heavy (non-hydrogen) atoms. The third kappa shape index (κ3) is 3.28. The molecule has 1 amide bonds. The molecule has 1 aliphatic carbocycles. The van der Waals surface area contributed by atoms with Crippen LogP contribution in [0.3, 0.4) is 0 Å². The van der Waals surface area contributed by atoms with Gasteiger partial charge in [0.05, 0.1) is 10.5 Å². The average molecular weight is 427 g/mol. The second-order valence-electron chi connectivity index (χ2n) is 7.77. The fourth-order valence-corrected chi connectivity index (χ4v) is 5.86. The van der Waals surface area contributed by atoms with Crippen molar-refractivity contribution in [1.82, 2.24) is 14.3 Å². The van der Waals surface area contributed by atoms with Crippen molar-refractivity contribution in [1.29, 1.82) is 0 Å². The van der Waals surface area contributed by atoms with E-state index < -0.39 is 0 Å². The van der Waals surface area contributed by atoms with Crippen molar-refractivity contribution in [2.75, 3.05) is 18.0 Å². The van der Waals surface area contributed by atoms with Gasteiger partial charge in [0.1, 0.15) is 15.8 Å². The first-order valence-electron chi connectivity index (χ1n) is 10.2. The van der Waals surface area contributed by atoms with Crippen molar-refractivity contribution in [2.45, 2.75) is 44.6 Å². The first kappa shape index (κ1) is 18.8. The number of hydrogen-bond donors (Lipinski definition) is 0. The van der Waals surface area contributed by atoms with Crippen LogP contribution in [-0.4, -0.2) is 43.6 Å². The summed E-state index contributed by atoms with van der Waals surface area (Å²) in [5.41, 5.74) is 0.946. The van der Waals surface area contributed by atoms with Crippen LogP contribution in [0.2, 0.25) is 0 Å². The van der Waals surface area contributed by atoms with Crippen molar-refractivity contribution in [2.24, 2.45) is 0 Å². The lowest BCUT2D eigenvalue weighted by Crippen LogP contribution is -2.36. The first-order valence-corrected chi connectivity index (χ1v) is 11.4. The molecule has 3 fully saturated rings. The molecule has 0 bridgehead atoms. The lowest BCUT2D eigenvalue weighted by Gasteiger charge is -2.22. The zero-order valence-electron chi connectivity index (χ0n) is 16.0. The number of thiocarbonyl (C=S) groups is 1. The summed E-state index contributed by atoms with van der Waals surface area (Å²) >= 11 is 6.82. The minimum atomic E-state index is -0.149. The molecule has 2 aliphatic heterocycles. The molecule has 0 aromatic carbocycles. The molecule has 8 heteroatoms. The Morgan fingerprint density at radius 3 is 2.62 bits per heavy atom. The van der Waals surface area contributed by atoms with E-state index in [1.807, 2.05) is 18.2 Å². The molecule has 0 N–H and O–H groups in total. The quantitative estimate of drug-likeness (QED) is 0.554. The van der Waals surface area contributed by atoms with Gasteiger partial charge in [-0.05, 0) is 43.9 Å². The highest BCUT2D eigenvalue weighted by atomic mass is 32.2. The molecule has 0 radical (unpaired) electrons. The van der Waals surface area contributed by atoms with Crippen LogP contribution < -0.4 is 10.5 Å². The van der Waals surface area contributed by atoms with Gasteiger partial charge in [-0.2, -0.15) is 0 Å². The largest absolute Gasteiger partial charge is 0.356 e. The molecule has 2 saturated heterocycles. The van der Waals surface area contributed by atoms with Crippen LogP contribution in [0.25, 0.3) is 11.7 Å². The highest BCUT2D eigenvalue weighted by molar-refractivity contribution is 8.26. The second kappa shape index (κ2) is 7.57. The van der Waals surface area contributed by atoms with Gasteiger partial charge in [-0.15, -0.1) is 0 Å². The van der Waals surface area contributed by atoms with E-state index in [1.54, 1.807) is 21.6 Å². The molecule has 0 atom stereocenters. The number of carbonyl (C=O) groups is 1. The zero-order chi connectivity index (χ0) is 20.0. The van der Waals surface area contributed by atoms with Gasteiger partial charge in [0, 0.05) is 25.3 Å². The van der Waals surface area contributed by atoms with Crippen LogP contribution in [0.15, 0.2) is 34.1 Å². The van der Waals surface area contributed by atoms with Gasteiger partial charge in [-0.25, -0.2) is 4.98 Å². The maximum absolute atomic E-state index is 13.3. The minimum Gasteiger partial charge on any atom is -0.356 e. The van der Waals surface area contributed by atoms with E-state index in [4.69, 9.17) is 17.2 Å². The van der Waals surface area contributed by atoms with E-state index in [9.17, 15) is 9.59 Å². The number of fused-ring (bicyclic) bond motifs is 1. The predicted octanol–water partition coefficient (Wildman–Crippen LogP) is 3.44. The van der Waals surface area contributed by atoms with Gasteiger partial charge in [-0.1, -0.05) is 42.9 Å². The van der Waals surface area contributed by atoms with Crippen LogP contribution in [0.5, 0.6) is 0 Å². The van der Waals surface area contributed by atoms with Crippen LogP contribution in [0.4, 0.5) is 5.82 Å². The Labute approximate surface area is 178 Å². The predicted molar refractivity (Wildman–Crippen MR) is 120 cm³/mol. The lowest BCUT2D eigenvalue weighted by molar-refractivity contribution is -0.123. The third-order valence-corrected chi connectivity index (χ3v) is 7.27. The van der Waals surface area contributed by atoms with Crippen molar-refractivity contribution in [3.63, 3.8) is 0 Å². The van der Waals surface area contributed by atoms with E-state index in [-0.39, 0.29) is 17.5 Å². The number of hydrogen-bond acceptors (Lipinski definition) is 6. The summed E-state index contributed by atoms with van der Waals surface area (Å²) in [4.78, 5) is 35.6. The Morgan fingerprint density at radius 1 is 1.10 bits per heavy atom. The van der Waals surface area contributed by atoms with Crippen LogP contribution >= 0.6 is 24.0 Å². The SMILES string of the molecule is O=C1/C(=C\c2c(N3CCCC3)nc3ccccn3c2=O)SC(=S)N1C1CCCC1. The molecule has 3 aliphatic rings. The molecule has 0 unspecified atom stereocenters. The number of pyridine rings is 1. The molecular weight excluding hydrogens is 404 g/mol. The molecular formula is C21H22N4O2S2. The highest BCUT2D eigenvalue weighted by Gasteiger charge is 2.38. The number of thioether (sulfide) groups is 1. The number of anilines is 1. The fraction of sp³-hybridized carbons (Fsp3) is 0.429. The van der Waals surface area contributed by atoms with Crippen molar-refractivity contribution >= 4 is 51.7 Å². The highest BCUT2D eigenvalue weighted by Crippen LogP contribution is 2.38. The normalized spacial score (nSPS) is 22.0. The summed E-state index contributed by atoms with van der Waals surface area (Å²) in [5.74, 6) is 0.599. The maximum atomic E-state index is 13.3. The molecule has 150 valence electrons. The summed E-state index contributed by atoms with van der Waals surface area (Å²) < 4.78 is 2.15. The van der Waals surface area contributed by atoms with E-state index in [0.29, 0.717) is 26.3 Å². The molecule has 6 nitrogen and oxygen atoms in total. The summed E-state index contributed by atoms with van der Waals surface area (Å²) in [7, 11) is 0. The summed E-state index contributed by atoms with van der Waals surface area (Å²) in [6, 6.07) is 5.73. The fourth-order valence-electron chi connectivity index (χ4n) is 4.48. The Balaban J connectivity index is 1.61. The second-order valence-corrected chi connectivity index (χ2v) is 9.44. The van der Waals surface area contributed by atoms with Gasteiger partial charge < -0.3 is 4.90 Å². The van der Waals surface area contributed by atoms with E-state index in [1.165, 1.54) is 11.8 Å². The van der Waals surface area contributed by atoms with E-state index in [2.05, 4.69) is 4.90 Å². The van der Waals surface area contributed by atoms with Gasteiger partial charge in [0.15, 0.2) is 0 Å². The standard InChI is InChI=1S/C21H22N4O2S2/c26-19-15(13-16-20(27)25(21(28)29-16)14-7-1-2-8-14)18(23-10-5-6-11-23)22-17-9-3-4-12-24(17)19/h3-4,9,12-14H,1-2,5-8,10-11H2/b16-13+. The summed E-state index contributed by atoms with van der Waals surface area (Å²) in [5, 5.41) is 0. The van der Waals surface area contributed by atoms with E-state index in [0.717, 1.165) is 51.6 Å². The molecule has 2 aromatic rings. The molecule has 1 saturated carbocycles. The summed E-state index contributed by atoms with van der Waals surface area (Å²) in [6.07, 6.45) is 9.87. The van der Waals surface area contributed by atoms with Gasteiger partial charge in [-0.3, -0.25) is 18.9 Å². The Kier molecular flexibility index (Phi) is 4.91. The van der Waals surface area contributed by atoms with Crippen LogP contribution in [0, 0.1) is 0 Å². The van der Waals surface area contributed by atoms with Gasteiger partial charge in [0.25, 0.3) is 11.5 Å². The number of amides is 1. The topological polar surface area (TPSA) is 57.9 Å². The minimum absolute atomic E-state index is 0.0724. The van der Waals surface area contributed by atoms with Gasteiger partial charge >= 0.3 is 0 Å². The third-order valence-electron chi connectivity index (χ3n) is 5.94. The number of carbonyl (C=O) groups excluding carboxylic acids is 1. The number of aromatic nitrogens is 2. The summed E-state index contributed by atoms with van der Waals surface area (Å²) in [6.45, 7) is 1.75. The van der Waals surface area contributed by atoms with Crippen molar-refractivity contribution in [3.8, 4) is 0 Å². The molecule has 4 heterocycles. The van der Waals surface area contributed by atoms with Crippen molar-refractivity contribution in [3.05, 3.63) is 45.2 Å². The number of rotatable bonds is 3. The molecule has 5 rings (SSSR count). The Morgan fingerprint density at radius 2 is 1.86 bits per heavy atom. The monoisotopic (exact) mass is 426 g/mol. The average Bonchev–Trinajstić information content (AvgIpc) is 3.47. The van der Waals surface area contributed by atoms with Crippen LogP contribution in [0.1, 0.15) is 44.1 Å². The molecule has 2 aromatic heterocycles. The van der Waals surface area contributed by atoms with Gasteiger partial charge in [0.2, 0.25) is 0 Å². The maximum Gasteiger partial charge on any atom is 0.267 e. The Hall–Kier alpha value is -2.19. The molecule has 0 spiro atoms. The smallest absolute Gasteiger partial charge is 0.267 e. The first-order chi connectivity index (χ1) is 14.1.